The lowest BCUT2D eigenvalue weighted by molar-refractivity contribution is 0.598. The number of nitrogens with two attached hydrogens (primary N) is 1. The zero-order valence-electron chi connectivity index (χ0n) is 15.1. The maximum atomic E-state index is 11.4. The number of primary sulfonamides is 1. The van der Waals surface area contributed by atoms with Crippen molar-refractivity contribution in [3.63, 3.8) is 0 Å². The number of thiazole rings is 1. The molecule has 2 heterocycles. The minimum absolute atomic E-state index is 0.0510. The van der Waals surface area contributed by atoms with E-state index in [1.54, 1.807) is 12.1 Å². The number of fused-ring (bicyclic) bond motifs is 1. The van der Waals surface area contributed by atoms with Gasteiger partial charge in [0.25, 0.3) is 0 Å². The van der Waals surface area contributed by atoms with Crippen LogP contribution >= 0.6 is 49.9 Å². The molecule has 30 heavy (non-hydrogen) atoms. The number of benzene rings is 2. The summed E-state index contributed by atoms with van der Waals surface area (Å²) in [5.41, 5.74) is 3.35. The molecule has 12 heteroatoms. The molecule has 2 aromatic carbocycles. The molecule has 0 unspecified atom stereocenters. The van der Waals surface area contributed by atoms with Crippen molar-refractivity contribution in [2.75, 3.05) is 10.6 Å². The molecule has 0 saturated heterocycles. The van der Waals surface area contributed by atoms with Gasteiger partial charge >= 0.3 is 0 Å². The number of anilines is 4. The van der Waals surface area contributed by atoms with E-state index in [4.69, 9.17) is 5.14 Å². The fourth-order valence-corrected chi connectivity index (χ4v) is 5.58. The fraction of sp³-hybridized carbons (Fsp3) is 0.0556. The summed E-state index contributed by atoms with van der Waals surface area (Å²) >= 11 is 7.27. The van der Waals surface area contributed by atoms with Crippen LogP contribution in [0.5, 0.6) is 0 Å². The molecule has 0 saturated carbocycles. The molecule has 0 aliphatic carbocycles. The molecular weight excluding hydrogens is 603 g/mol. The Morgan fingerprint density at radius 1 is 1.07 bits per heavy atom. The first-order chi connectivity index (χ1) is 14.3. The Kier molecular flexibility index (Phi) is 6.20. The molecule has 2 aromatic heterocycles. The maximum absolute atomic E-state index is 11.4. The highest BCUT2D eigenvalue weighted by molar-refractivity contribution is 14.1. The lowest BCUT2D eigenvalue weighted by Crippen LogP contribution is -2.11. The van der Waals surface area contributed by atoms with E-state index >= 15 is 0 Å². The second-order valence-corrected chi connectivity index (χ2v) is 10.3. The predicted molar refractivity (Wildman–Crippen MR) is 131 cm³/mol. The van der Waals surface area contributed by atoms with Crippen molar-refractivity contribution in [2.24, 2.45) is 5.14 Å². The lowest BCUT2D eigenvalue weighted by Gasteiger charge is -2.08. The normalized spacial score (nSPS) is 11.6. The second-order valence-electron chi connectivity index (χ2n) is 6.15. The van der Waals surface area contributed by atoms with E-state index in [1.165, 1.54) is 35.4 Å². The van der Waals surface area contributed by atoms with Crippen molar-refractivity contribution in [3.8, 4) is 0 Å². The number of halogens is 2. The van der Waals surface area contributed by atoms with Crippen LogP contribution in [-0.2, 0) is 14.5 Å². The van der Waals surface area contributed by atoms with Crippen LogP contribution < -0.4 is 15.8 Å². The minimum atomic E-state index is -3.73. The number of rotatable bonds is 6. The molecule has 0 aliphatic heterocycles. The monoisotopic (exact) mass is 616 g/mol. The van der Waals surface area contributed by atoms with Gasteiger partial charge in [-0.05, 0) is 48.0 Å². The Hall–Kier alpha value is -1.87. The Morgan fingerprint density at radius 3 is 2.50 bits per heavy atom. The van der Waals surface area contributed by atoms with Crippen LogP contribution in [0.25, 0.3) is 10.3 Å². The number of aromatic nitrogens is 3. The summed E-state index contributed by atoms with van der Waals surface area (Å²) < 4.78 is 25.5. The highest BCUT2D eigenvalue weighted by Gasteiger charge is 2.13. The molecule has 0 fully saturated rings. The zero-order chi connectivity index (χ0) is 21.3. The summed E-state index contributed by atoms with van der Waals surface area (Å²) in [6, 6.07) is 12.2. The van der Waals surface area contributed by atoms with Crippen molar-refractivity contribution in [2.45, 2.75) is 9.32 Å². The van der Waals surface area contributed by atoms with Gasteiger partial charge in [0.05, 0.1) is 4.90 Å². The van der Waals surface area contributed by atoms with Crippen LogP contribution in [-0.4, -0.2) is 23.4 Å². The number of hydrogen-bond donors (Lipinski definition) is 3. The third-order valence-electron chi connectivity index (χ3n) is 4.08. The van der Waals surface area contributed by atoms with Crippen LogP contribution in [0.3, 0.4) is 0 Å². The van der Waals surface area contributed by atoms with Crippen LogP contribution in [0, 0.1) is 0 Å². The molecule has 0 aliphatic rings. The number of sulfonamides is 1. The van der Waals surface area contributed by atoms with Gasteiger partial charge in [-0.25, -0.2) is 23.5 Å². The van der Waals surface area contributed by atoms with Crippen molar-refractivity contribution in [1.82, 2.24) is 15.0 Å². The minimum Gasteiger partial charge on any atom is -0.339 e. The van der Waals surface area contributed by atoms with E-state index in [0.717, 1.165) is 19.3 Å². The number of nitrogens with one attached hydrogen (secondary N) is 2. The molecule has 0 spiro atoms. The van der Waals surface area contributed by atoms with E-state index in [1.807, 2.05) is 12.1 Å². The van der Waals surface area contributed by atoms with E-state index in [0.29, 0.717) is 22.3 Å². The molecule has 0 atom stereocenters. The third-order valence-corrected chi connectivity index (χ3v) is 7.57. The summed E-state index contributed by atoms with van der Waals surface area (Å²) in [7, 11) is -3.73. The van der Waals surface area contributed by atoms with E-state index in [2.05, 4.69) is 70.2 Å². The van der Waals surface area contributed by atoms with E-state index in [9.17, 15) is 8.42 Å². The van der Waals surface area contributed by atoms with Gasteiger partial charge in [0, 0.05) is 20.3 Å². The van der Waals surface area contributed by atoms with Gasteiger partial charge in [0.2, 0.25) is 10.0 Å². The van der Waals surface area contributed by atoms with Crippen LogP contribution in [0.15, 0.2) is 58.2 Å². The van der Waals surface area contributed by atoms with Crippen LogP contribution in [0.2, 0.25) is 0 Å². The molecule has 8 nitrogen and oxygen atoms in total. The maximum Gasteiger partial charge on any atom is 0.238 e. The highest BCUT2D eigenvalue weighted by Crippen LogP contribution is 2.33. The molecule has 0 bridgehead atoms. The number of nitrogens with zero attached hydrogens (tertiary/aromatic N) is 3. The van der Waals surface area contributed by atoms with Gasteiger partial charge in [0.15, 0.2) is 16.6 Å². The predicted octanol–water partition coefficient (Wildman–Crippen LogP) is 4.92. The molecule has 4 rings (SSSR count). The van der Waals surface area contributed by atoms with Gasteiger partial charge < -0.3 is 10.6 Å². The molecular formula is C18H14BrIN6O2S2. The van der Waals surface area contributed by atoms with E-state index in [-0.39, 0.29) is 4.90 Å². The summed E-state index contributed by atoms with van der Waals surface area (Å²) in [5, 5.41) is 12.2. The molecule has 0 radical (unpaired) electrons. The Balaban J connectivity index is 1.60. The van der Waals surface area contributed by atoms with Crippen molar-refractivity contribution < 1.29 is 8.42 Å². The summed E-state index contributed by atoms with van der Waals surface area (Å²) in [4.78, 5) is 13.2. The third kappa shape index (κ3) is 4.72. The van der Waals surface area contributed by atoms with Crippen molar-refractivity contribution in [1.29, 1.82) is 0 Å². The van der Waals surface area contributed by atoms with Crippen molar-refractivity contribution in [3.05, 3.63) is 58.8 Å². The smallest absolute Gasteiger partial charge is 0.238 e. The molecule has 154 valence electrons. The zero-order valence-corrected chi connectivity index (χ0v) is 20.5. The molecule has 4 aromatic rings. The van der Waals surface area contributed by atoms with Crippen LogP contribution in [0.1, 0.15) is 5.56 Å². The Bertz CT molecular complexity index is 1330. The van der Waals surface area contributed by atoms with E-state index < -0.39 is 10.0 Å². The average Bonchev–Trinajstić information content (AvgIpc) is 3.12. The van der Waals surface area contributed by atoms with Crippen molar-refractivity contribution >= 4 is 92.6 Å². The lowest BCUT2D eigenvalue weighted by atomic mass is 10.2. The second kappa shape index (κ2) is 8.70. The fourth-order valence-electron chi connectivity index (χ4n) is 2.64. The highest BCUT2D eigenvalue weighted by atomic mass is 127. The SMILES string of the molecule is NS(=O)(=O)c1ccc(Nc2nc3ncnc(Nc4ccc(Br)c(CI)c4)c3s2)cc1. The van der Waals surface area contributed by atoms with Gasteiger partial charge in [-0.1, -0.05) is 49.9 Å². The largest absolute Gasteiger partial charge is 0.339 e. The Morgan fingerprint density at radius 2 is 1.80 bits per heavy atom. The summed E-state index contributed by atoms with van der Waals surface area (Å²) in [5.74, 6) is 0.664. The first-order valence-electron chi connectivity index (χ1n) is 8.46. The van der Waals surface area contributed by atoms with Gasteiger partial charge in [0.1, 0.15) is 11.0 Å². The molecule has 4 N–H and O–H groups in total. The standard InChI is InChI=1S/C18H14BrIN6O2S2/c19-14-6-3-12(7-10(14)8-20)24-16-15-17(23-9-22-16)26-18(29-15)25-11-1-4-13(5-2-11)30(21,27)28/h1-7,9H,8H2,(H2,21,27,28)(H2,22,23,24,25,26). The number of hydrogen-bond acceptors (Lipinski definition) is 8. The van der Waals surface area contributed by atoms with Crippen LogP contribution in [0.4, 0.5) is 22.3 Å². The first kappa shape index (κ1) is 21.4. The summed E-state index contributed by atoms with van der Waals surface area (Å²) in [6.45, 7) is 0. The average molecular weight is 617 g/mol. The quantitative estimate of drug-likeness (QED) is 0.208. The molecule has 0 amide bonds. The van der Waals surface area contributed by atoms with Gasteiger partial charge in [-0.15, -0.1) is 0 Å². The summed E-state index contributed by atoms with van der Waals surface area (Å²) in [6.07, 6.45) is 1.47. The Labute approximate surface area is 198 Å². The van der Waals surface area contributed by atoms with Gasteiger partial charge in [-0.2, -0.15) is 4.98 Å². The first-order valence-corrected chi connectivity index (χ1v) is 13.1. The number of alkyl halides is 1. The topological polar surface area (TPSA) is 123 Å². The van der Waals surface area contributed by atoms with Gasteiger partial charge in [-0.3, -0.25) is 0 Å².